The first-order valence-corrected chi connectivity index (χ1v) is 9.61. The maximum atomic E-state index is 12.7. The number of amides is 1. The van der Waals surface area contributed by atoms with E-state index in [-0.39, 0.29) is 5.91 Å². The number of methoxy groups -OCH3 is 1. The van der Waals surface area contributed by atoms with E-state index in [2.05, 4.69) is 14.8 Å². The summed E-state index contributed by atoms with van der Waals surface area (Å²) in [5, 5.41) is 8.94. The molecule has 4 rings (SSSR count). The van der Waals surface area contributed by atoms with Crippen molar-refractivity contribution in [3.63, 3.8) is 0 Å². The van der Waals surface area contributed by atoms with Crippen molar-refractivity contribution in [1.29, 1.82) is 0 Å². The summed E-state index contributed by atoms with van der Waals surface area (Å²) in [6, 6.07) is 7.36. The first-order chi connectivity index (χ1) is 12.8. The highest BCUT2D eigenvalue weighted by Crippen LogP contribution is 2.29. The molecule has 1 aromatic carbocycles. The number of nitrogens with zero attached hydrogens (tertiary/aromatic N) is 4. The largest absolute Gasteiger partial charge is 0.497 e. The van der Waals surface area contributed by atoms with Gasteiger partial charge < -0.3 is 14.2 Å². The lowest BCUT2D eigenvalue weighted by Crippen LogP contribution is -2.38. The Kier molecular flexibility index (Phi) is 4.91. The molecular formula is C20H26N4O2. The second-order valence-electron chi connectivity index (χ2n) is 7.23. The van der Waals surface area contributed by atoms with Crippen LogP contribution in [0, 0.1) is 0 Å². The highest BCUT2D eigenvalue weighted by Gasteiger charge is 2.28. The number of carbonyl (C=O) groups excluding carboxylic acids is 1. The molecule has 0 unspecified atom stereocenters. The first-order valence-electron chi connectivity index (χ1n) is 9.61. The van der Waals surface area contributed by atoms with Crippen LogP contribution < -0.4 is 4.74 Å². The molecule has 0 aliphatic carbocycles. The Hall–Kier alpha value is -2.37. The van der Waals surface area contributed by atoms with Crippen LogP contribution in [-0.4, -0.2) is 45.8 Å². The maximum absolute atomic E-state index is 12.7. The third-order valence-electron chi connectivity index (χ3n) is 5.62. The van der Waals surface area contributed by atoms with E-state index < -0.39 is 0 Å². The summed E-state index contributed by atoms with van der Waals surface area (Å²) in [4.78, 5) is 14.7. The summed E-state index contributed by atoms with van der Waals surface area (Å²) in [6.07, 6.45) is 6.67. The number of carbonyl (C=O) groups is 1. The summed E-state index contributed by atoms with van der Waals surface area (Å²) in [6.45, 7) is 2.60. The Morgan fingerprint density at radius 3 is 2.54 bits per heavy atom. The van der Waals surface area contributed by atoms with Crippen LogP contribution in [0.25, 0.3) is 0 Å². The number of piperidine rings is 1. The van der Waals surface area contributed by atoms with Crippen LogP contribution in [-0.2, 0) is 13.0 Å². The zero-order valence-corrected chi connectivity index (χ0v) is 15.4. The molecule has 1 fully saturated rings. The predicted octanol–water partition coefficient (Wildman–Crippen LogP) is 3.03. The van der Waals surface area contributed by atoms with Crippen LogP contribution in [0.15, 0.2) is 24.3 Å². The number of aromatic nitrogens is 3. The lowest BCUT2D eigenvalue weighted by atomic mass is 9.95. The van der Waals surface area contributed by atoms with Crippen molar-refractivity contribution in [2.45, 2.75) is 51.0 Å². The van der Waals surface area contributed by atoms with Gasteiger partial charge in [-0.3, -0.25) is 4.79 Å². The van der Waals surface area contributed by atoms with Gasteiger partial charge in [-0.1, -0.05) is 6.42 Å². The highest BCUT2D eigenvalue weighted by atomic mass is 16.5. The number of hydrogen-bond acceptors (Lipinski definition) is 4. The first kappa shape index (κ1) is 17.1. The predicted molar refractivity (Wildman–Crippen MR) is 98.4 cm³/mol. The Bertz CT molecular complexity index is 761. The molecule has 0 atom stereocenters. The molecule has 26 heavy (non-hydrogen) atoms. The summed E-state index contributed by atoms with van der Waals surface area (Å²) >= 11 is 0. The average molecular weight is 354 g/mol. The molecule has 0 N–H and O–H groups in total. The number of rotatable bonds is 3. The van der Waals surface area contributed by atoms with Crippen molar-refractivity contribution in [2.24, 2.45) is 0 Å². The lowest BCUT2D eigenvalue weighted by molar-refractivity contribution is 0.0710. The minimum Gasteiger partial charge on any atom is -0.497 e. The summed E-state index contributed by atoms with van der Waals surface area (Å²) < 4.78 is 7.51. The summed E-state index contributed by atoms with van der Waals surface area (Å²) in [5.74, 6) is 3.57. The average Bonchev–Trinajstić information content (AvgIpc) is 2.96. The van der Waals surface area contributed by atoms with Gasteiger partial charge in [0.25, 0.3) is 5.91 Å². The molecule has 0 bridgehead atoms. The van der Waals surface area contributed by atoms with E-state index in [9.17, 15) is 4.79 Å². The molecule has 0 spiro atoms. The van der Waals surface area contributed by atoms with Crippen molar-refractivity contribution < 1.29 is 9.53 Å². The molecule has 6 heteroatoms. The summed E-state index contributed by atoms with van der Waals surface area (Å²) in [7, 11) is 1.63. The number of benzene rings is 1. The van der Waals surface area contributed by atoms with E-state index in [0.717, 1.165) is 61.9 Å². The normalized spacial score (nSPS) is 18.3. The molecule has 2 aliphatic rings. The van der Waals surface area contributed by atoms with E-state index in [1.807, 2.05) is 29.2 Å². The Morgan fingerprint density at radius 1 is 1.04 bits per heavy atom. The molecule has 3 heterocycles. The minimum absolute atomic E-state index is 0.103. The number of ether oxygens (including phenoxy) is 1. The topological polar surface area (TPSA) is 60.2 Å². The minimum atomic E-state index is 0.103. The lowest BCUT2D eigenvalue weighted by Gasteiger charge is -2.31. The second-order valence-corrected chi connectivity index (χ2v) is 7.23. The van der Waals surface area contributed by atoms with E-state index in [0.29, 0.717) is 5.92 Å². The quantitative estimate of drug-likeness (QED) is 0.850. The van der Waals surface area contributed by atoms with Crippen LogP contribution in [0.2, 0.25) is 0 Å². The second kappa shape index (κ2) is 7.48. The Balaban J connectivity index is 1.41. The molecule has 2 aliphatic heterocycles. The van der Waals surface area contributed by atoms with Gasteiger partial charge in [0.15, 0.2) is 0 Å². The maximum Gasteiger partial charge on any atom is 0.253 e. The van der Waals surface area contributed by atoms with Gasteiger partial charge >= 0.3 is 0 Å². The third kappa shape index (κ3) is 3.32. The molecule has 1 aromatic heterocycles. The molecule has 1 amide bonds. The van der Waals surface area contributed by atoms with Gasteiger partial charge in [-0.2, -0.15) is 0 Å². The van der Waals surface area contributed by atoms with Crippen LogP contribution in [0.3, 0.4) is 0 Å². The SMILES string of the molecule is COc1ccc(C(=O)N2CCC(c3nnc4n3CCCCC4)CC2)cc1. The molecule has 2 aromatic rings. The third-order valence-corrected chi connectivity index (χ3v) is 5.62. The molecule has 6 nitrogen and oxygen atoms in total. The molecule has 138 valence electrons. The van der Waals surface area contributed by atoms with Crippen molar-refractivity contribution in [2.75, 3.05) is 20.2 Å². The van der Waals surface area contributed by atoms with E-state index in [4.69, 9.17) is 4.74 Å². The number of fused-ring (bicyclic) bond motifs is 1. The van der Waals surface area contributed by atoms with Gasteiger partial charge in [0.1, 0.15) is 17.4 Å². The highest BCUT2D eigenvalue weighted by molar-refractivity contribution is 5.94. The van der Waals surface area contributed by atoms with Crippen molar-refractivity contribution in [3.05, 3.63) is 41.5 Å². The van der Waals surface area contributed by atoms with Crippen LogP contribution >= 0.6 is 0 Å². The van der Waals surface area contributed by atoms with Gasteiger partial charge in [-0.15, -0.1) is 10.2 Å². The molecular weight excluding hydrogens is 328 g/mol. The molecule has 0 radical (unpaired) electrons. The zero-order valence-electron chi connectivity index (χ0n) is 15.4. The number of likely N-dealkylation sites (tertiary alicyclic amines) is 1. The van der Waals surface area contributed by atoms with Gasteiger partial charge in [-0.25, -0.2) is 0 Å². The Morgan fingerprint density at radius 2 is 1.81 bits per heavy atom. The Labute approximate surface area is 154 Å². The van der Waals surface area contributed by atoms with Gasteiger partial charge in [-0.05, 0) is 49.9 Å². The van der Waals surface area contributed by atoms with Crippen molar-refractivity contribution in [3.8, 4) is 5.75 Å². The fourth-order valence-electron chi connectivity index (χ4n) is 4.07. The monoisotopic (exact) mass is 354 g/mol. The fraction of sp³-hybridized carbons (Fsp3) is 0.550. The fourth-order valence-corrected chi connectivity index (χ4v) is 4.07. The smallest absolute Gasteiger partial charge is 0.253 e. The van der Waals surface area contributed by atoms with Crippen LogP contribution in [0.1, 0.15) is 60.0 Å². The van der Waals surface area contributed by atoms with Crippen LogP contribution in [0.4, 0.5) is 0 Å². The zero-order chi connectivity index (χ0) is 17.9. The molecule has 1 saturated heterocycles. The molecule has 0 saturated carbocycles. The van der Waals surface area contributed by atoms with Crippen molar-refractivity contribution >= 4 is 5.91 Å². The van der Waals surface area contributed by atoms with E-state index in [1.54, 1.807) is 7.11 Å². The van der Waals surface area contributed by atoms with Gasteiger partial charge in [0.05, 0.1) is 7.11 Å². The number of hydrogen-bond donors (Lipinski definition) is 0. The van der Waals surface area contributed by atoms with Gasteiger partial charge in [0, 0.05) is 37.5 Å². The van der Waals surface area contributed by atoms with Gasteiger partial charge in [0.2, 0.25) is 0 Å². The van der Waals surface area contributed by atoms with E-state index >= 15 is 0 Å². The number of aryl methyl sites for hydroxylation is 1. The standard InChI is InChI=1S/C20H26N4O2/c1-26-17-8-6-16(7-9-17)20(25)23-13-10-15(11-14-23)19-22-21-18-5-3-2-4-12-24(18)19/h6-9,15H,2-5,10-14H2,1H3. The van der Waals surface area contributed by atoms with Crippen molar-refractivity contribution in [1.82, 2.24) is 19.7 Å². The summed E-state index contributed by atoms with van der Waals surface area (Å²) in [5.41, 5.74) is 0.723. The van der Waals surface area contributed by atoms with E-state index in [1.165, 1.54) is 19.3 Å². The van der Waals surface area contributed by atoms with Crippen LogP contribution in [0.5, 0.6) is 5.75 Å².